The highest BCUT2D eigenvalue weighted by Crippen LogP contribution is 2.05. The van der Waals surface area contributed by atoms with E-state index in [0.29, 0.717) is 0 Å². The van der Waals surface area contributed by atoms with Crippen molar-refractivity contribution in [3.63, 3.8) is 0 Å². The third-order valence-corrected chi connectivity index (χ3v) is 1.36. The summed E-state index contributed by atoms with van der Waals surface area (Å²) >= 11 is 3.36. The van der Waals surface area contributed by atoms with Gasteiger partial charge in [0.25, 0.3) is 0 Å². The van der Waals surface area contributed by atoms with Gasteiger partial charge >= 0.3 is 0 Å². The van der Waals surface area contributed by atoms with Crippen molar-refractivity contribution < 1.29 is 0 Å². The summed E-state index contributed by atoms with van der Waals surface area (Å²) in [5.41, 5.74) is 0. The molecule has 0 heterocycles. The molecule has 0 N–H and O–H groups in total. The van der Waals surface area contributed by atoms with Crippen LogP contribution in [0.3, 0.4) is 0 Å². The van der Waals surface area contributed by atoms with Gasteiger partial charge in [0.05, 0.1) is 0 Å². The largest absolute Gasteiger partial charge is 0.0991 e. The Morgan fingerprint density at radius 2 is 2.10 bits per heavy atom. The fraction of sp³-hybridized carbons (Fsp3) is 0.111. The summed E-state index contributed by atoms with van der Waals surface area (Å²) in [5, 5.41) is 0. The number of allylic oxidation sites excluding steroid dienone is 7. The lowest BCUT2D eigenvalue weighted by atomic mass is 10.4. The number of hydrogen-bond donors (Lipinski definition) is 0. The lowest BCUT2D eigenvalue weighted by Crippen LogP contribution is -1.57. The molecule has 0 saturated heterocycles. The smallest absolute Gasteiger partial charge is 0.0171 e. The van der Waals surface area contributed by atoms with Crippen LogP contribution in [0.4, 0.5) is 0 Å². The number of halogens is 1. The standard InChI is InChI=1S/C9H11Br/c1-3-5-6-8-9(10)7-4-2/h3-8H,1H2,2H3/b6-5-,7-4-,9-8+. The molecule has 0 aromatic carbocycles. The van der Waals surface area contributed by atoms with Crippen LogP contribution in [0, 0.1) is 0 Å². The molecule has 0 aliphatic rings. The van der Waals surface area contributed by atoms with Gasteiger partial charge < -0.3 is 0 Å². The summed E-state index contributed by atoms with van der Waals surface area (Å²) in [7, 11) is 0. The molecular formula is C9H11Br. The van der Waals surface area contributed by atoms with E-state index in [9.17, 15) is 0 Å². The van der Waals surface area contributed by atoms with E-state index in [1.807, 2.05) is 37.3 Å². The van der Waals surface area contributed by atoms with Crippen molar-refractivity contribution in [3.8, 4) is 0 Å². The first-order valence-corrected chi connectivity index (χ1v) is 3.88. The van der Waals surface area contributed by atoms with Crippen LogP contribution in [-0.4, -0.2) is 0 Å². The Labute approximate surface area is 70.8 Å². The molecular weight excluding hydrogens is 188 g/mol. The Morgan fingerprint density at radius 1 is 1.40 bits per heavy atom. The summed E-state index contributed by atoms with van der Waals surface area (Å²) in [6.07, 6.45) is 11.5. The van der Waals surface area contributed by atoms with E-state index in [2.05, 4.69) is 22.5 Å². The van der Waals surface area contributed by atoms with Crippen LogP contribution in [0.2, 0.25) is 0 Å². The van der Waals surface area contributed by atoms with Crippen molar-refractivity contribution in [2.24, 2.45) is 0 Å². The summed E-state index contributed by atoms with van der Waals surface area (Å²) in [6.45, 7) is 5.53. The van der Waals surface area contributed by atoms with Gasteiger partial charge in [-0.1, -0.05) is 52.9 Å². The van der Waals surface area contributed by atoms with E-state index >= 15 is 0 Å². The first kappa shape index (κ1) is 9.44. The van der Waals surface area contributed by atoms with Gasteiger partial charge in [-0.25, -0.2) is 0 Å². The zero-order valence-electron chi connectivity index (χ0n) is 6.05. The van der Waals surface area contributed by atoms with Crippen LogP contribution in [0.15, 0.2) is 47.5 Å². The Morgan fingerprint density at radius 3 is 2.60 bits per heavy atom. The van der Waals surface area contributed by atoms with Gasteiger partial charge in [-0.2, -0.15) is 0 Å². The lowest BCUT2D eigenvalue weighted by Gasteiger charge is -1.81. The summed E-state index contributed by atoms with van der Waals surface area (Å²) in [4.78, 5) is 0. The highest BCUT2D eigenvalue weighted by atomic mass is 79.9. The fourth-order valence-electron chi connectivity index (χ4n) is 0.441. The zero-order valence-corrected chi connectivity index (χ0v) is 7.64. The van der Waals surface area contributed by atoms with Crippen LogP contribution in [0.25, 0.3) is 0 Å². The Hall–Kier alpha value is -0.560. The van der Waals surface area contributed by atoms with Crippen LogP contribution in [0.1, 0.15) is 6.92 Å². The quantitative estimate of drug-likeness (QED) is 0.609. The zero-order chi connectivity index (χ0) is 7.82. The Bertz CT molecular complexity index is 173. The molecule has 0 spiro atoms. The molecule has 0 unspecified atom stereocenters. The van der Waals surface area contributed by atoms with Gasteiger partial charge in [0, 0.05) is 4.48 Å². The molecule has 10 heavy (non-hydrogen) atoms. The van der Waals surface area contributed by atoms with E-state index < -0.39 is 0 Å². The summed E-state index contributed by atoms with van der Waals surface area (Å²) < 4.78 is 1.06. The second-order valence-corrected chi connectivity index (χ2v) is 2.59. The van der Waals surface area contributed by atoms with E-state index in [4.69, 9.17) is 0 Å². The molecule has 0 amide bonds. The molecule has 0 aromatic heterocycles. The third kappa shape index (κ3) is 5.57. The van der Waals surface area contributed by atoms with Crippen LogP contribution < -0.4 is 0 Å². The highest BCUT2D eigenvalue weighted by molar-refractivity contribution is 9.11. The van der Waals surface area contributed by atoms with Gasteiger partial charge in [0.2, 0.25) is 0 Å². The average Bonchev–Trinajstić information content (AvgIpc) is 1.89. The molecule has 0 bridgehead atoms. The minimum absolute atomic E-state index is 1.06. The fourth-order valence-corrected chi connectivity index (χ4v) is 0.858. The maximum Gasteiger partial charge on any atom is 0.0171 e. The maximum atomic E-state index is 3.55. The Balaban J connectivity index is 3.90. The summed E-state index contributed by atoms with van der Waals surface area (Å²) in [5.74, 6) is 0. The third-order valence-electron chi connectivity index (χ3n) is 0.829. The molecule has 0 rings (SSSR count). The maximum absolute atomic E-state index is 3.55. The van der Waals surface area contributed by atoms with Crippen LogP contribution in [0.5, 0.6) is 0 Å². The molecule has 54 valence electrons. The minimum Gasteiger partial charge on any atom is -0.0991 e. The topological polar surface area (TPSA) is 0 Å². The number of rotatable bonds is 3. The molecule has 0 fully saturated rings. The van der Waals surface area contributed by atoms with Crippen molar-refractivity contribution in [1.29, 1.82) is 0 Å². The van der Waals surface area contributed by atoms with Gasteiger partial charge in [-0.15, -0.1) is 0 Å². The van der Waals surface area contributed by atoms with Crippen molar-refractivity contribution in [2.45, 2.75) is 6.92 Å². The van der Waals surface area contributed by atoms with Crippen molar-refractivity contribution >= 4 is 15.9 Å². The van der Waals surface area contributed by atoms with E-state index in [1.165, 1.54) is 0 Å². The van der Waals surface area contributed by atoms with E-state index in [-0.39, 0.29) is 0 Å². The van der Waals surface area contributed by atoms with Gasteiger partial charge in [-0.3, -0.25) is 0 Å². The molecule has 0 saturated carbocycles. The second-order valence-electron chi connectivity index (χ2n) is 1.67. The number of hydrogen-bond acceptors (Lipinski definition) is 0. The SMILES string of the molecule is C=C\C=C/C=C(Br)\C=C/C. The molecule has 0 aromatic rings. The van der Waals surface area contributed by atoms with Crippen molar-refractivity contribution in [1.82, 2.24) is 0 Å². The highest BCUT2D eigenvalue weighted by Gasteiger charge is 1.75. The van der Waals surface area contributed by atoms with Gasteiger partial charge in [-0.05, 0) is 13.0 Å². The molecule has 0 aliphatic heterocycles. The van der Waals surface area contributed by atoms with Crippen molar-refractivity contribution in [3.05, 3.63) is 47.5 Å². The molecule has 0 atom stereocenters. The molecule has 0 aliphatic carbocycles. The monoisotopic (exact) mass is 198 g/mol. The predicted molar refractivity (Wildman–Crippen MR) is 51.2 cm³/mol. The molecule has 0 radical (unpaired) electrons. The Kier molecular flexibility index (Phi) is 6.19. The van der Waals surface area contributed by atoms with Crippen LogP contribution in [-0.2, 0) is 0 Å². The van der Waals surface area contributed by atoms with E-state index in [0.717, 1.165) is 4.48 Å². The van der Waals surface area contributed by atoms with Gasteiger partial charge in [0.1, 0.15) is 0 Å². The predicted octanol–water partition coefficient (Wildman–Crippen LogP) is 3.58. The molecule has 1 heteroatoms. The second kappa shape index (κ2) is 6.56. The lowest BCUT2D eigenvalue weighted by molar-refractivity contribution is 1.72. The summed E-state index contributed by atoms with van der Waals surface area (Å²) in [6, 6.07) is 0. The normalized spacial score (nSPS) is 13.2. The average molecular weight is 199 g/mol. The van der Waals surface area contributed by atoms with Crippen LogP contribution >= 0.6 is 15.9 Å². The van der Waals surface area contributed by atoms with E-state index in [1.54, 1.807) is 6.08 Å². The van der Waals surface area contributed by atoms with Crippen molar-refractivity contribution in [2.75, 3.05) is 0 Å². The first-order chi connectivity index (χ1) is 4.81. The minimum atomic E-state index is 1.06. The first-order valence-electron chi connectivity index (χ1n) is 3.09. The van der Waals surface area contributed by atoms with Gasteiger partial charge in [0.15, 0.2) is 0 Å². The molecule has 0 nitrogen and oxygen atoms in total.